The first-order valence-corrected chi connectivity index (χ1v) is 7.11. The summed E-state index contributed by atoms with van der Waals surface area (Å²) in [4.78, 5) is 8.24. The summed E-state index contributed by atoms with van der Waals surface area (Å²) in [5, 5.41) is 0. The molecular weight excluding hydrogens is 262 g/mol. The SMILES string of the molecule is COc1cc(CC(N)c2ccc(C(C)(C)C)cc2)ncn1. The summed E-state index contributed by atoms with van der Waals surface area (Å²) >= 11 is 0. The van der Waals surface area contributed by atoms with Crippen LogP contribution in [0.5, 0.6) is 5.88 Å². The monoisotopic (exact) mass is 285 g/mol. The Morgan fingerprint density at radius 2 is 1.81 bits per heavy atom. The standard InChI is InChI=1S/C17H23N3O/c1-17(2,3)13-7-5-12(6-8-13)15(18)9-14-10-16(21-4)20-11-19-14/h5-8,10-11,15H,9,18H2,1-4H3. The Labute approximate surface area is 126 Å². The fraction of sp³-hybridized carbons (Fsp3) is 0.412. The van der Waals surface area contributed by atoms with Gasteiger partial charge < -0.3 is 10.5 Å². The Balaban J connectivity index is 2.11. The summed E-state index contributed by atoms with van der Waals surface area (Å²) in [5.41, 5.74) is 9.73. The van der Waals surface area contributed by atoms with Gasteiger partial charge in [-0.25, -0.2) is 9.97 Å². The molecule has 21 heavy (non-hydrogen) atoms. The van der Waals surface area contributed by atoms with Crippen molar-refractivity contribution in [1.82, 2.24) is 9.97 Å². The molecule has 112 valence electrons. The van der Waals surface area contributed by atoms with Crippen LogP contribution in [-0.4, -0.2) is 17.1 Å². The smallest absolute Gasteiger partial charge is 0.216 e. The molecule has 1 aromatic carbocycles. The lowest BCUT2D eigenvalue weighted by Crippen LogP contribution is -2.15. The van der Waals surface area contributed by atoms with Crippen LogP contribution in [0.2, 0.25) is 0 Å². The van der Waals surface area contributed by atoms with Crippen LogP contribution in [0.1, 0.15) is 43.6 Å². The zero-order chi connectivity index (χ0) is 15.5. The van der Waals surface area contributed by atoms with Crippen molar-refractivity contribution in [2.24, 2.45) is 5.73 Å². The summed E-state index contributed by atoms with van der Waals surface area (Å²) in [5.74, 6) is 0.565. The fourth-order valence-corrected chi connectivity index (χ4v) is 2.17. The van der Waals surface area contributed by atoms with Gasteiger partial charge in [0.05, 0.1) is 7.11 Å². The van der Waals surface area contributed by atoms with Crippen molar-refractivity contribution in [2.75, 3.05) is 7.11 Å². The molecule has 4 nitrogen and oxygen atoms in total. The first-order chi connectivity index (χ1) is 9.90. The van der Waals surface area contributed by atoms with Crippen LogP contribution in [0.4, 0.5) is 0 Å². The molecule has 1 heterocycles. The lowest BCUT2D eigenvalue weighted by Gasteiger charge is -2.20. The van der Waals surface area contributed by atoms with Gasteiger partial charge >= 0.3 is 0 Å². The number of aromatic nitrogens is 2. The number of hydrogen-bond donors (Lipinski definition) is 1. The van der Waals surface area contributed by atoms with E-state index >= 15 is 0 Å². The number of benzene rings is 1. The molecule has 2 N–H and O–H groups in total. The Bertz CT molecular complexity index is 588. The average Bonchev–Trinajstić information content (AvgIpc) is 2.46. The highest BCUT2D eigenvalue weighted by Gasteiger charge is 2.14. The minimum absolute atomic E-state index is 0.0846. The number of rotatable bonds is 4. The van der Waals surface area contributed by atoms with E-state index in [0.717, 1.165) is 11.3 Å². The molecule has 0 fully saturated rings. The molecular formula is C17H23N3O. The molecule has 2 rings (SSSR count). The van der Waals surface area contributed by atoms with Crippen LogP contribution in [0.3, 0.4) is 0 Å². The summed E-state index contributed by atoms with van der Waals surface area (Å²) in [6.45, 7) is 6.61. The predicted molar refractivity (Wildman–Crippen MR) is 84.4 cm³/mol. The molecule has 0 saturated heterocycles. The van der Waals surface area contributed by atoms with Gasteiger partial charge in [0, 0.05) is 24.2 Å². The summed E-state index contributed by atoms with van der Waals surface area (Å²) in [7, 11) is 1.59. The minimum Gasteiger partial charge on any atom is -0.481 e. The summed E-state index contributed by atoms with van der Waals surface area (Å²) in [6, 6.07) is 10.2. The zero-order valence-electron chi connectivity index (χ0n) is 13.1. The molecule has 0 amide bonds. The van der Waals surface area contributed by atoms with Gasteiger partial charge in [-0.2, -0.15) is 0 Å². The third-order valence-corrected chi connectivity index (χ3v) is 3.54. The van der Waals surface area contributed by atoms with E-state index in [1.54, 1.807) is 7.11 Å². The number of methoxy groups -OCH3 is 1. The van der Waals surface area contributed by atoms with E-state index in [1.807, 2.05) is 6.07 Å². The minimum atomic E-state index is -0.0846. The molecule has 4 heteroatoms. The van der Waals surface area contributed by atoms with Crippen molar-refractivity contribution in [3.8, 4) is 5.88 Å². The topological polar surface area (TPSA) is 61.0 Å². The van der Waals surface area contributed by atoms with E-state index in [9.17, 15) is 0 Å². The summed E-state index contributed by atoms with van der Waals surface area (Å²) < 4.78 is 5.10. The maximum atomic E-state index is 6.28. The van der Waals surface area contributed by atoms with Crippen molar-refractivity contribution < 1.29 is 4.74 Å². The van der Waals surface area contributed by atoms with Gasteiger partial charge in [0.1, 0.15) is 6.33 Å². The van der Waals surface area contributed by atoms with E-state index < -0.39 is 0 Å². The Kier molecular flexibility index (Phi) is 4.58. The fourth-order valence-electron chi connectivity index (χ4n) is 2.17. The molecule has 0 spiro atoms. The van der Waals surface area contributed by atoms with Gasteiger partial charge in [-0.1, -0.05) is 45.0 Å². The average molecular weight is 285 g/mol. The Morgan fingerprint density at radius 3 is 2.38 bits per heavy atom. The molecule has 1 unspecified atom stereocenters. The first-order valence-electron chi connectivity index (χ1n) is 7.11. The van der Waals surface area contributed by atoms with Gasteiger partial charge in [0.15, 0.2) is 0 Å². The van der Waals surface area contributed by atoms with Crippen LogP contribution in [-0.2, 0) is 11.8 Å². The second-order valence-corrected chi connectivity index (χ2v) is 6.23. The highest BCUT2D eigenvalue weighted by Crippen LogP contribution is 2.24. The van der Waals surface area contributed by atoms with Crippen molar-refractivity contribution >= 4 is 0 Å². The molecule has 0 aliphatic carbocycles. The number of nitrogens with two attached hydrogens (primary N) is 1. The van der Waals surface area contributed by atoms with Gasteiger partial charge in [0.25, 0.3) is 0 Å². The zero-order valence-corrected chi connectivity index (χ0v) is 13.1. The second-order valence-electron chi connectivity index (χ2n) is 6.23. The Morgan fingerprint density at radius 1 is 1.14 bits per heavy atom. The van der Waals surface area contributed by atoms with Crippen LogP contribution < -0.4 is 10.5 Å². The van der Waals surface area contributed by atoms with Crippen LogP contribution >= 0.6 is 0 Å². The van der Waals surface area contributed by atoms with E-state index in [4.69, 9.17) is 10.5 Å². The number of nitrogens with zero attached hydrogens (tertiary/aromatic N) is 2. The van der Waals surface area contributed by atoms with Gasteiger partial charge in [-0.3, -0.25) is 0 Å². The normalized spacial score (nSPS) is 13.0. The van der Waals surface area contributed by atoms with Gasteiger partial charge in [-0.15, -0.1) is 0 Å². The molecule has 1 atom stereocenters. The molecule has 0 radical (unpaired) electrons. The molecule has 0 aliphatic rings. The number of hydrogen-bond acceptors (Lipinski definition) is 4. The highest BCUT2D eigenvalue weighted by molar-refractivity contribution is 5.30. The predicted octanol–water partition coefficient (Wildman–Crippen LogP) is 3.03. The van der Waals surface area contributed by atoms with Crippen molar-refractivity contribution in [1.29, 1.82) is 0 Å². The third-order valence-electron chi connectivity index (χ3n) is 3.54. The van der Waals surface area contributed by atoms with Crippen LogP contribution in [0, 0.1) is 0 Å². The lowest BCUT2D eigenvalue weighted by atomic mass is 9.86. The molecule has 2 aromatic rings. The van der Waals surface area contributed by atoms with E-state index in [0.29, 0.717) is 12.3 Å². The largest absolute Gasteiger partial charge is 0.481 e. The van der Waals surface area contributed by atoms with E-state index in [-0.39, 0.29) is 11.5 Å². The third kappa shape index (κ3) is 4.02. The van der Waals surface area contributed by atoms with E-state index in [2.05, 4.69) is 55.0 Å². The van der Waals surface area contributed by atoms with Crippen LogP contribution in [0.15, 0.2) is 36.7 Å². The van der Waals surface area contributed by atoms with Crippen LogP contribution in [0.25, 0.3) is 0 Å². The maximum absolute atomic E-state index is 6.28. The highest BCUT2D eigenvalue weighted by atomic mass is 16.5. The quantitative estimate of drug-likeness (QED) is 0.938. The summed E-state index contributed by atoms with van der Waals surface area (Å²) in [6.07, 6.45) is 2.16. The van der Waals surface area contributed by atoms with Crippen molar-refractivity contribution in [3.63, 3.8) is 0 Å². The van der Waals surface area contributed by atoms with Gasteiger partial charge in [-0.05, 0) is 16.5 Å². The second kappa shape index (κ2) is 6.22. The van der Waals surface area contributed by atoms with Crippen molar-refractivity contribution in [2.45, 2.75) is 38.6 Å². The van der Waals surface area contributed by atoms with Gasteiger partial charge in [0.2, 0.25) is 5.88 Å². The lowest BCUT2D eigenvalue weighted by molar-refractivity contribution is 0.395. The first kappa shape index (κ1) is 15.4. The molecule has 0 aliphatic heterocycles. The van der Waals surface area contributed by atoms with E-state index in [1.165, 1.54) is 11.9 Å². The molecule has 0 saturated carbocycles. The van der Waals surface area contributed by atoms with Crippen molar-refractivity contribution in [3.05, 3.63) is 53.5 Å². The Hall–Kier alpha value is -1.94. The maximum Gasteiger partial charge on any atom is 0.216 e. The molecule has 1 aromatic heterocycles. The number of ether oxygens (including phenoxy) is 1. The molecule has 0 bridgehead atoms.